The second-order valence-electron chi connectivity index (χ2n) is 7.40. The van der Waals surface area contributed by atoms with Crippen LogP contribution in [0.25, 0.3) is 0 Å². The number of nitrogens with one attached hydrogen (secondary N) is 2. The highest BCUT2D eigenvalue weighted by Crippen LogP contribution is 2.33. The summed E-state index contributed by atoms with van der Waals surface area (Å²) in [4.78, 5) is 12.5. The summed E-state index contributed by atoms with van der Waals surface area (Å²) >= 11 is 0. The average Bonchev–Trinajstić information content (AvgIpc) is 3.05. The summed E-state index contributed by atoms with van der Waals surface area (Å²) in [5.74, 6) is 1.78. The summed E-state index contributed by atoms with van der Waals surface area (Å²) < 4.78 is 5.18. The summed E-state index contributed by atoms with van der Waals surface area (Å²) in [6.45, 7) is 2.10. The van der Waals surface area contributed by atoms with E-state index in [9.17, 15) is 4.79 Å². The molecule has 2 aliphatic rings. The van der Waals surface area contributed by atoms with Gasteiger partial charge in [-0.05, 0) is 62.6 Å². The Morgan fingerprint density at radius 2 is 2.00 bits per heavy atom. The van der Waals surface area contributed by atoms with Gasteiger partial charge in [-0.1, -0.05) is 25.0 Å². The average molecular weight is 367 g/mol. The number of benzene rings is 1. The molecule has 2 N–H and O–H groups in total. The number of fused-ring (bicyclic) bond motifs is 1. The molecule has 140 valence electrons. The Balaban J connectivity index is 0.00000225. The third-order valence-corrected chi connectivity index (χ3v) is 5.59. The van der Waals surface area contributed by atoms with Gasteiger partial charge in [-0.25, -0.2) is 0 Å². The second-order valence-corrected chi connectivity index (χ2v) is 7.40. The molecule has 4 unspecified atom stereocenters. The molecule has 0 bridgehead atoms. The largest absolute Gasteiger partial charge is 0.497 e. The van der Waals surface area contributed by atoms with Gasteiger partial charge in [0.1, 0.15) is 5.75 Å². The molecule has 1 heterocycles. The third-order valence-electron chi connectivity index (χ3n) is 5.59. The number of hydrogen-bond donors (Lipinski definition) is 2. The molecule has 4 atom stereocenters. The fraction of sp³-hybridized carbons (Fsp3) is 0.650. The van der Waals surface area contributed by atoms with Gasteiger partial charge < -0.3 is 15.4 Å². The fourth-order valence-electron chi connectivity index (χ4n) is 4.11. The summed E-state index contributed by atoms with van der Waals surface area (Å²) in [6.07, 6.45) is 8.10. The first kappa shape index (κ1) is 20.1. The standard InChI is InChI=1S/C20H30N2O2.ClH/c1-14(7-8-15-9-11-17(24-2)12-10-15)21-20(23)19-13-16-5-3-4-6-18(16)22-19;/h9-12,14,16,18-19,22H,3-8,13H2,1-2H3,(H,21,23);1H. The molecule has 0 aromatic heterocycles. The lowest BCUT2D eigenvalue weighted by molar-refractivity contribution is -0.123. The van der Waals surface area contributed by atoms with Crippen LogP contribution in [0.5, 0.6) is 5.75 Å². The Hall–Kier alpha value is -1.26. The van der Waals surface area contributed by atoms with Gasteiger partial charge in [0.15, 0.2) is 0 Å². The van der Waals surface area contributed by atoms with Crippen LogP contribution in [0, 0.1) is 5.92 Å². The van der Waals surface area contributed by atoms with Gasteiger partial charge in [-0.3, -0.25) is 4.79 Å². The van der Waals surface area contributed by atoms with Gasteiger partial charge in [0.2, 0.25) is 5.91 Å². The maximum absolute atomic E-state index is 12.5. The lowest BCUT2D eigenvalue weighted by atomic mass is 9.85. The predicted molar refractivity (Wildman–Crippen MR) is 103 cm³/mol. The molecule has 2 fully saturated rings. The van der Waals surface area contributed by atoms with Crippen molar-refractivity contribution < 1.29 is 9.53 Å². The molecule has 0 radical (unpaired) electrons. The first-order valence-corrected chi connectivity index (χ1v) is 9.35. The zero-order valence-electron chi connectivity index (χ0n) is 15.3. The van der Waals surface area contributed by atoms with Crippen molar-refractivity contribution in [1.82, 2.24) is 10.6 Å². The molecule has 1 saturated carbocycles. The minimum atomic E-state index is 0. The van der Waals surface area contributed by atoms with Gasteiger partial charge in [-0.15, -0.1) is 12.4 Å². The zero-order chi connectivity index (χ0) is 16.9. The highest BCUT2D eigenvalue weighted by molar-refractivity contribution is 5.85. The lowest BCUT2D eigenvalue weighted by Crippen LogP contribution is -2.46. The van der Waals surface area contributed by atoms with Crippen LogP contribution < -0.4 is 15.4 Å². The molecule has 5 heteroatoms. The van der Waals surface area contributed by atoms with Crippen molar-refractivity contribution in [3.8, 4) is 5.75 Å². The number of methoxy groups -OCH3 is 1. The fourth-order valence-corrected chi connectivity index (χ4v) is 4.11. The van der Waals surface area contributed by atoms with Crippen molar-refractivity contribution in [2.24, 2.45) is 5.92 Å². The van der Waals surface area contributed by atoms with E-state index < -0.39 is 0 Å². The molecule has 1 amide bonds. The Morgan fingerprint density at radius 1 is 1.28 bits per heavy atom. The second kappa shape index (κ2) is 9.44. The van der Waals surface area contributed by atoms with E-state index in [4.69, 9.17) is 4.74 Å². The van der Waals surface area contributed by atoms with E-state index in [0.29, 0.717) is 12.0 Å². The van der Waals surface area contributed by atoms with E-state index in [2.05, 4.69) is 29.7 Å². The number of ether oxygens (including phenoxy) is 1. The Labute approximate surface area is 157 Å². The molecule has 1 aliphatic heterocycles. The lowest BCUT2D eigenvalue weighted by Gasteiger charge is -2.24. The number of carbonyl (C=O) groups is 1. The van der Waals surface area contributed by atoms with Gasteiger partial charge in [0.25, 0.3) is 0 Å². The molecular weight excluding hydrogens is 336 g/mol. The van der Waals surface area contributed by atoms with Gasteiger partial charge in [0, 0.05) is 12.1 Å². The molecule has 4 nitrogen and oxygen atoms in total. The first-order valence-electron chi connectivity index (χ1n) is 9.35. The Kier molecular flexibility index (Phi) is 7.57. The summed E-state index contributed by atoms with van der Waals surface area (Å²) in [5.41, 5.74) is 1.28. The maximum Gasteiger partial charge on any atom is 0.237 e. The SMILES string of the molecule is COc1ccc(CCC(C)NC(=O)C2CC3CCCCC3N2)cc1.Cl. The Morgan fingerprint density at radius 3 is 2.68 bits per heavy atom. The van der Waals surface area contributed by atoms with Crippen LogP contribution in [0.15, 0.2) is 24.3 Å². The highest BCUT2D eigenvalue weighted by atomic mass is 35.5. The van der Waals surface area contributed by atoms with Gasteiger partial charge in [0.05, 0.1) is 13.2 Å². The van der Waals surface area contributed by atoms with Crippen LogP contribution in [0.1, 0.15) is 51.0 Å². The van der Waals surface area contributed by atoms with Crippen molar-refractivity contribution in [2.45, 2.75) is 70.0 Å². The molecule has 1 saturated heterocycles. The molecule has 0 spiro atoms. The number of aryl methyl sites for hydroxylation is 1. The predicted octanol–water partition coefficient (Wildman–Crippen LogP) is 3.48. The van der Waals surface area contributed by atoms with Crippen molar-refractivity contribution in [2.75, 3.05) is 7.11 Å². The van der Waals surface area contributed by atoms with E-state index in [1.54, 1.807) is 7.11 Å². The molecule has 1 aromatic carbocycles. The summed E-state index contributed by atoms with van der Waals surface area (Å²) in [7, 11) is 1.68. The van der Waals surface area contributed by atoms with Crippen molar-refractivity contribution >= 4 is 18.3 Å². The first-order chi connectivity index (χ1) is 11.7. The highest BCUT2D eigenvalue weighted by Gasteiger charge is 2.38. The number of halogens is 1. The molecular formula is C20H31ClN2O2. The van der Waals surface area contributed by atoms with Crippen molar-refractivity contribution in [3.63, 3.8) is 0 Å². The maximum atomic E-state index is 12.5. The minimum Gasteiger partial charge on any atom is -0.497 e. The van der Waals surface area contributed by atoms with Crippen LogP contribution >= 0.6 is 12.4 Å². The normalized spacial score (nSPS) is 26.2. The zero-order valence-corrected chi connectivity index (χ0v) is 16.1. The van der Waals surface area contributed by atoms with E-state index in [-0.39, 0.29) is 30.4 Å². The van der Waals surface area contributed by atoms with Crippen LogP contribution in [-0.2, 0) is 11.2 Å². The van der Waals surface area contributed by atoms with E-state index in [0.717, 1.165) is 25.0 Å². The van der Waals surface area contributed by atoms with Crippen LogP contribution in [-0.4, -0.2) is 31.1 Å². The van der Waals surface area contributed by atoms with Crippen molar-refractivity contribution in [1.29, 1.82) is 0 Å². The minimum absolute atomic E-state index is 0. The number of carbonyl (C=O) groups excluding carboxylic acids is 1. The van der Waals surface area contributed by atoms with E-state index >= 15 is 0 Å². The van der Waals surface area contributed by atoms with Crippen LogP contribution in [0.2, 0.25) is 0 Å². The molecule has 3 rings (SSSR count). The van der Waals surface area contributed by atoms with Crippen molar-refractivity contribution in [3.05, 3.63) is 29.8 Å². The Bertz CT molecular complexity index is 535. The molecule has 1 aromatic rings. The molecule has 1 aliphatic carbocycles. The van der Waals surface area contributed by atoms with E-state index in [1.165, 1.54) is 31.2 Å². The topological polar surface area (TPSA) is 50.4 Å². The third kappa shape index (κ3) is 5.35. The number of amides is 1. The number of rotatable bonds is 6. The molecule has 25 heavy (non-hydrogen) atoms. The van der Waals surface area contributed by atoms with Gasteiger partial charge >= 0.3 is 0 Å². The smallest absolute Gasteiger partial charge is 0.237 e. The quantitative estimate of drug-likeness (QED) is 0.810. The summed E-state index contributed by atoms with van der Waals surface area (Å²) in [6, 6.07) is 8.95. The monoisotopic (exact) mass is 366 g/mol. The number of hydrogen-bond acceptors (Lipinski definition) is 3. The van der Waals surface area contributed by atoms with Crippen LogP contribution in [0.3, 0.4) is 0 Å². The van der Waals surface area contributed by atoms with Crippen LogP contribution in [0.4, 0.5) is 0 Å². The summed E-state index contributed by atoms with van der Waals surface area (Å²) in [5, 5.41) is 6.76. The van der Waals surface area contributed by atoms with Gasteiger partial charge in [-0.2, -0.15) is 0 Å². The van der Waals surface area contributed by atoms with E-state index in [1.807, 2.05) is 12.1 Å².